The Balaban J connectivity index is 0.000000680. The summed E-state index contributed by atoms with van der Waals surface area (Å²) in [5.74, 6) is 0. The maximum atomic E-state index is 12.0. The van der Waals surface area contributed by atoms with Gasteiger partial charge in [0.2, 0.25) is 11.4 Å². The van der Waals surface area contributed by atoms with E-state index < -0.39 is 0 Å². The van der Waals surface area contributed by atoms with Crippen LogP contribution in [0, 0.1) is 0 Å². The van der Waals surface area contributed by atoms with Crippen molar-refractivity contribution < 1.29 is 19.1 Å². The van der Waals surface area contributed by atoms with E-state index in [0.29, 0.717) is 0 Å². The summed E-state index contributed by atoms with van der Waals surface area (Å²) in [5.41, 5.74) is 21.6. The maximum absolute atomic E-state index is 12.0. The summed E-state index contributed by atoms with van der Waals surface area (Å²) in [5, 5.41) is 2.87. The molecule has 2 aromatic rings. The second kappa shape index (κ2) is 72.4. The molecule has 0 bridgehead atoms. The van der Waals surface area contributed by atoms with Crippen LogP contribution in [0.3, 0.4) is 0 Å². The minimum Gasteiger partial charge on any atom is -0.0654 e. The van der Waals surface area contributed by atoms with E-state index in [0.717, 1.165) is 41.8 Å². The average molecular weight is 1390 g/mol. The summed E-state index contributed by atoms with van der Waals surface area (Å²) < 4.78 is 1.55. The van der Waals surface area contributed by atoms with Gasteiger partial charge in [-0.3, -0.25) is 0 Å². The Morgan fingerprint density at radius 2 is 0.454 bits per heavy atom. The molecule has 0 amide bonds. The van der Waals surface area contributed by atoms with Gasteiger partial charge in [-0.2, -0.15) is 0 Å². The van der Waals surface area contributed by atoms with E-state index in [1.54, 1.807) is 4.70 Å². The summed E-state index contributed by atoms with van der Waals surface area (Å²) >= 11 is 2.05. The molecular formula is C94H170N2Ni. The summed E-state index contributed by atoms with van der Waals surface area (Å²) in [6.45, 7) is 13.7. The van der Waals surface area contributed by atoms with Crippen molar-refractivity contribution in [3.05, 3.63) is 87.5 Å². The Bertz CT molecular complexity index is 2000. The Hall–Kier alpha value is -1.99. The zero-order valence-electron chi connectivity index (χ0n) is 66.7. The molecule has 0 aliphatic carbocycles. The second-order valence-corrected chi connectivity index (χ2v) is 32.6. The quantitative estimate of drug-likeness (QED) is 0.0358. The van der Waals surface area contributed by atoms with Crippen LogP contribution in [0.15, 0.2) is 59.7 Å². The van der Waals surface area contributed by atoms with Crippen LogP contribution < -0.4 is 0 Å². The average Bonchev–Trinajstić information content (AvgIpc) is 1.62. The number of hydrogen-bond acceptors (Lipinski definition) is 0. The minimum absolute atomic E-state index is 0.979. The first kappa shape index (κ1) is 91.1. The molecule has 97 heavy (non-hydrogen) atoms. The standard InChI is InChI=1S/C52H84N2.2C21H43.Ni/c1-5-8-11-14-15-16-17-18-19-20-21-22-23-24-25-26-27-28-29-30-33-42-50-45(4)51(48-40-34-38-46(43-48)36-31-12-9-6-2)54(53)52(50)49-41-35-39-47(44-49)37-32-13-10-7-3;2*1-3-5-7-9-11-13-15-17-19-21-20-18-16-14-12-10-8-6-4-2;/h34-35,38-41,43-44H,5-33,36-37,42H2,1-4H3;2*1,3-21H2,2H3;. The SMILES string of the molecule is CCCCCCCCCCCCCCCCCCCCCCCC1=C(c2cccc(CCCCCC)c2)[N+](=[N-])C(c2cccc(CCCCCC)c2)=C1C.CCCCCCCCCCCCCCCCCCCC[CH2][Ni][CH2]CCCCCCCCCCCCCCCCCCCC. The van der Waals surface area contributed by atoms with Crippen LogP contribution in [0.5, 0.6) is 0 Å². The Labute approximate surface area is 615 Å². The fourth-order valence-electron chi connectivity index (χ4n) is 15.2. The molecular weight excluding hydrogens is 1220 g/mol. The molecule has 2 nitrogen and oxygen atoms in total. The third kappa shape index (κ3) is 54.4. The number of hydrogen-bond donors (Lipinski definition) is 0. The van der Waals surface area contributed by atoms with Crippen molar-refractivity contribution in [1.29, 1.82) is 0 Å². The predicted octanol–water partition coefficient (Wildman–Crippen LogP) is 34.5. The predicted molar refractivity (Wildman–Crippen MR) is 435 cm³/mol. The van der Waals surface area contributed by atoms with Gasteiger partial charge in [-0.25, -0.2) is 4.70 Å². The molecule has 0 aromatic heterocycles. The van der Waals surface area contributed by atoms with Crippen molar-refractivity contribution in [2.75, 3.05) is 0 Å². The topological polar surface area (TPSA) is 25.3 Å². The van der Waals surface area contributed by atoms with Crippen LogP contribution >= 0.6 is 0 Å². The van der Waals surface area contributed by atoms with Gasteiger partial charge in [0.1, 0.15) is 0 Å². The summed E-state index contributed by atoms with van der Waals surface area (Å²) in [6, 6.07) is 18.0. The van der Waals surface area contributed by atoms with Gasteiger partial charge in [-0.1, -0.05) is 329 Å². The second-order valence-electron chi connectivity index (χ2n) is 31.2. The van der Waals surface area contributed by atoms with Gasteiger partial charge in [-0.05, 0) is 80.8 Å². The Morgan fingerprint density at radius 1 is 0.247 bits per heavy atom. The van der Waals surface area contributed by atoms with Crippen molar-refractivity contribution in [3.63, 3.8) is 0 Å². The van der Waals surface area contributed by atoms with Crippen LogP contribution in [0.25, 0.3) is 16.9 Å². The van der Waals surface area contributed by atoms with E-state index >= 15 is 0 Å². The molecule has 0 radical (unpaired) electrons. The molecule has 1 aliphatic heterocycles. The first-order valence-electron chi connectivity index (χ1n) is 44.6. The number of aryl methyl sites for hydroxylation is 2. The third-order valence-corrected chi connectivity index (χ3v) is 23.1. The number of rotatable bonds is 74. The van der Waals surface area contributed by atoms with Gasteiger partial charge >= 0.3 is 166 Å². The van der Waals surface area contributed by atoms with Crippen molar-refractivity contribution in [2.24, 2.45) is 0 Å². The molecule has 0 fully saturated rings. The van der Waals surface area contributed by atoms with Crippen molar-refractivity contribution in [3.8, 4) is 0 Å². The summed E-state index contributed by atoms with van der Waals surface area (Å²) in [4.78, 5) is 0. The van der Waals surface area contributed by atoms with E-state index in [1.807, 2.05) is 14.4 Å². The van der Waals surface area contributed by atoms with Crippen LogP contribution in [0.4, 0.5) is 0 Å². The van der Waals surface area contributed by atoms with Gasteiger partial charge in [0.05, 0.1) is 0 Å². The molecule has 3 heteroatoms. The van der Waals surface area contributed by atoms with Crippen LogP contribution in [-0.2, 0) is 27.3 Å². The minimum atomic E-state index is 0.979. The van der Waals surface area contributed by atoms with Gasteiger partial charge in [0.15, 0.2) is 0 Å². The molecule has 2 aromatic carbocycles. The van der Waals surface area contributed by atoms with Crippen molar-refractivity contribution >= 4 is 11.4 Å². The van der Waals surface area contributed by atoms with E-state index in [-0.39, 0.29) is 0 Å². The van der Waals surface area contributed by atoms with E-state index in [2.05, 4.69) is 90.1 Å². The van der Waals surface area contributed by atoms with Gasteiger partial charge < -0.3 is 5.53 Å². The van der Waals surface area contributed by atoms with Gasteiger partial charge in [-0.15, -0.1) is 0 Å². The van der Waals surface area contributed by atoms with E-state index in [9.17, 15) is 5.53 Å². The van der Waals surface area contributed by atoms with Crippen LogP contribution in [0.2, 0.25) is 10.8 Å². The zero-order chi connectivity index (χ0) is 69.5. The molecule has 3 rings (SSSR count). The molecule has 0 saturated carbocycles. The molecule has 1 heterocycles. The third-order valence-electron chi connectivity index (χ3n) is 21.7. The van der Waals surface area contributed by atoms with Crippen LogP contribution in [-0.4, -0.2) is 4.70 Å². The first-order chi connectivity index (χ1) is 48.0. The van der Waals surface area contributed by atoms with Crippen molar-refractivity contribution in [1.82, 2.24) is 0 Å². The monoisotopic (exact) mass is 1390 g/mol. The molecule has 566 valence electrons. The van der Waals surface area contributed by atoms with Crippen molar-refractivity contribution in [2.45, 2.75) is 502 Å². The molecule has 0 unspecified atom stereocenters. The fraction of sp³-hybridized carbons (Fsp3) is 0.830. The fourth-order valence-corrected chi connectivity index (χ4v) is 16.4. The Morgan fingerprint density at radius 3 is 0.711 bits per heavy atom. The van der Waals surface area contributed by atoms with Gasteiger partial charge in [0.25, 0.3) is 0 Å². The normalized spacial score (nSPS) is 12.5. The molecule has 0 atom stereocenters. The molecule has 0 saturated heterocycles. The summed E-state index contributed by atoms with van der Waals surface area (Å²) in [6.07, 6.45) is 99.3. The van der Waals surface area contributed by atoms with Crippen LogP contribution in [0.1, 0.15) is 500 Å². The molecule has 1 aliphatic rings. The number of unbranched alkanes of at least 4 members (excludes halogenated alkanes) is 62. The Kier molecular flexibility index (Phi) is 68.0. The number of allylic oxidation sites excluding steroid dienone is 2. The smallest absolute Gasteiger partial charge is 0.0654 e. The number of nitrogens with zero attached hydrogens (tertiary/aromatic N) is 2. The molecule has 0 N–H and O–H groups in total. The van der Waals surface area contributed by atoms with Gasteiger partial charge in [0, 0.05) is 22.3 Å². The van der Waals surface area contributed by atoms with E-state index in [1.165, 1.54) is 463 Å². The first-order valence-corrected chi connectivity index (χ1v) is 46.0. The molecule has 0 spiro atoms. The van der Waals surface area contributed by atoms with E-state index in [4.69, 9.17) is 0 Å². The number of benzene rings is 2. The zero-order valence-corrected chi connectivity index (χ0v) is 67.7. The summed E-state index contributed by atoms with van der Waals surface area (Å²) in [7, 11) is 0.